The lowest BCUT2D eigenvalue weighted by atomic mass is 10.0. The summed E-state index contributed by atoms with van der Waals surface area (Å²) in [6.07, 6.45) is 1.55. The molecule has 10 heteroatoms. The number of aryl methyl sites for hydroxylation is 1. The van der Waals surface area contributed by atoms with Crippen molar-refractivity contribution >= 4 is 28.5 Å². The Labute approximate surface area is 183 Å². The third kappa shape index (κ3) is 5.06. The van der Waals surface area contributed by atoms with Crippen LogP contribution in [0.5, 0.6) is 0 Å². The topological polar surface area (TPSA) is 85.2 Å². The summed E-state index contributed by atoms with van der Waals surface area (Å²) in [5.74, 6) is -0.0969. The molecule has 7 nitrogen and oxygen atoms in total. The molecule has 1 saturated heterocycles. The van der Waals surface area contributed by atoms with Crippen molar-refractivity contribution < 1.29 is 27.5 Å². The number of alkyl halides is 3. The number of fused-ring (bicyclic) bond motifs is 1. The Morgan fingerprint density at radius 2 is 1.94 bits per heavy atom. The summed E-state index contributed by atoms with van der Waals surface area (Å²) in [6.45, 7) is -0.836. The first kappa shape index (κ1) is 22.6. The summed E-state index contributed by atoms with van der Waals surface area (Å²) >= 11 is 0. The number of rotatable bonds is 6. The van der Waals surface area contributed by atoms with Gasteiger partial charge in [-0.05, 0) is 43.7 Å². The molecule has 2 N–H and O–H groups in total. The zero-order valence-corrected chi connectivity index (χ0v) is 17.9. The minimum absolute atomic E-state index is 0.0298. The predicted octanol–water partition coefficient (Wildman–Crippen LogP) is 4.24. The third-order valence-electron chi connectivity index (χ3n) is 6.15. The molecule has 2 aliphatic rings. The number of carbonyl (C=O) groups excluding carboxylic acids is 2. The van der Waals surface area contributed by atoms with Gasteiger partial charge >= 0.3 is 6.18 Å². The molecule has 1 saturated carbocycles. The molecule has 1 aromatic carbocycles. The van der Waals surface area contributed by atoms with Crippen molar-refractivity contribution in [2.45, 2.75) is 57.2 Å². The molecule has 2 aromatic rings. The number of hydrogen-bond acceptors (Lipinski definition) is 4. The number of nitrogens with one attached hydrogen (secondary N) is 2. The van der Waals surface area contributed by atoms with E-state index in [1.54, 1.807) is 17.7 Å². The highest BCUT2D eigenvalue weighted by Crippen LogP contribution is 2.33. The van der Waals surface area contributed by atoms with Crippen molar-refractivity contribution in [3.63, 3.8) is 0 Å². The van der Waals surface area contributed by atoms with Crippen molar-refractivity contribution in [2.75, 3.05) is 18.5 Å². The average molecular weight is 452 g/mol. The minimum Gasteiger partial charge on any atom is -0.370 e. The molecule has 174 valence electrons. The van der Waals surface area contributed by atoms with Gasteiger partial charge in [-0.2, -0.15) is 13.2 Å². The second-order valence-electron chi connectivity index (χ2n) is 8.62. The summed E-state index contributed by atoms with van der Waals surface area (Å²) in [5, 5.41) is 4.73. The number of nitrogens with zero attached hydrogens (tertiary/aromatic N) is 2. The van der Waals surface area contributed by atoms with Crippen LogP contribution in [0.4, 0.5) is 18.9 Å². The average Bonchev–Trinajstić information content (AvgIpc) is 3.47. The predicted molar refractivity (Wildman–Crippen MR) is 112 cm³/mol. The van der Waals surface area contributed by atoms with Crippen LogP contribution in [0.1, 0.15) is 67.2 Å². The molecule has 1 aliphatic carbocycles. The zero-order valence-electron chi connectivity index (χ0n) is 17.9. The van der Waals surface area contributed by atoms with Crippen molar-refractivity contribution in [1.82, 2.24) is 14.9 Å². The van der Waals surface area contributed by atoms with Gasteiger partial charge in [0.05, 0.1) is 16.6 Å². The lowest BCUT2D eigenvalue weighted by Crippen LogP contribution is -2.34. The van der Waals surface area contributed by atoms with Crippen molar-refractivity contribution in [3.05, 3.63) is 23.5 Å². The Balaban J connectivity index is 1.66. The van der Waals surface area contributed by atoms with Crippen molar-refractivity contribution in [1.29, 1.82) is 0 Å². The van der Waals surface area contributed by atoms with Gasteiger partial charge in [0.2, 0.25) is 5.91 Å². The number of amides is 2. The van der Waals surface area contributed by atoms with Gasteiger partial charge in [0, 0.05) is 25.8 Å². The van der Waals surface area contributed by atoms with Crippen LogP contribution < -0.4 is 10.6 Å². The minimum atomic E-state index is -4.53. The maximum absolute atomic E-state index is 12.7. The standard InChI is InChI=1S/C22H27F3N4O3/c1-29-19-15(21(31)26-12-22(23,24)25)10-14(27-18(30)9-13-5-2-3-6-13)11-16(19)28-20(29)17-7-4-8-32-17/h10-11,13,17H,2-9,12H2,1H3,(H,26,31)(H,27,30)/t17-/m0/s1. The normalized spacial score (nSPS) is 19.6. The molecule has 2 heterocycles. The van der Waals surface area contributed by atoms with E-state index in [2.05, 4.69) is 10.3 Å². The second-order valence-corrected chi connectivity index (χ2v) is 8.62. The highest BCUT2D eigenvalue weighted by Gasteiger charge is 2.30. The maximum atomic E-state index is 12.7. The molecule has 0 bridgehead atoms. The van der Waals surface area contributed by atoms with Gasteiger partial charge in [0.25, 0.3) is 5.91 Å². The molecular weight excluding hydrogens is 425 g/mol. The van der Waals surface area contributed by atoms with E-state index in [9.17, 15) is 22.8 Å². The van der Waals surface area contributed by atoms with Gasteiger partial charge in [-0.15, -0.1) is 0 Å². The third-order valence-corrected chi connectivity index (χ3v) is 6.15. The summed E-state index contributed by atoms with van der Waals surface area (Å²) in [7, 11) is 1.71. The quantitative estimate of drug-likeness (QED) is 0.687. The number of anilines is 1. The first-order valence-electron chi connectivity index (χ1n) is 11.0. The summed E-state index contributed by atoms with van der Waals surface area (Å²) in [5.41, 5.74) is 1.20. The SMILES string of the molecule is Cn1c([C@@H]2CCCO2)nc2cc(NC(=O)CC3CCCC3)cc(C(=O)NCC(F)(F)F)c21. The summed E-state index contributed by atoms with van der Waals surface area (Å²) in [4.78, 5) is 29.8. The van der Waals surface area contributed by atoms with E-state index in [1.165, 1.54) is 6.07 Å². The van der Waals surface area contributed by atoms with Gasteiger partial charge in [-0.3, -0.25) is 9.59 Å². The van der Waals surface area contributed by atoms with Gasteiger partial charge in [-0.1, -0.05) is 12.8 Å². The largest absolute Gasteiger partial charge is 0.405 e. The van der Waals surface area contributed by atoms with Crippen LogP contribution in [0.3, 0.4) is 0 Å². The lowest BCUT2D eigenvalue weighted by Gasteiger charge is -2.14. The van der Waals surface area contributed by atoms with Crippen LogP contribution in [0.25, 0.3) is 11.0 Å². The molecule has 1 atom stereocenters. The van der Waals surface area contributed by atoms with Gasteiger partial charge < -0.3 is 19.9 Å². The monoisotopic (exact) mass is 452 g/mol. The van der Waals surface area contributed by atoms with Gasteiger partial charge in [0.1, 0.15) is 18.5 Å². The number of imidazole rings is 1. The van der Waals surface area contributed by atoms with E-state index in [0.29, 0.717) is 41.5 Å². The molecule has 0 radical (unpaired) electrons. The molecule has 0 unspecified atom stereocenters. The molecule has 2 fully saturated rings. The highest BCUT2D eigenvalue weighted by molar-refractivity contribution is 6.07. The van der Waals surface area contributed by atoms with E-state index in [4.69, 9.17) is 4.74 Å². The fraction of sp³-hybridized carbons (Fsp3) is 0.591. The molecule has 4 rings (SSSR count). The van der Waals surface area contributed by atoms with Crippen LogP contribution in [-0.4, -0.2) is 40.7 Å². The van der Waals surface area contributed by atoms with Gasteiger partial charge in [-0.25, -0.2) is 4.98 Å². The van der Waals surface area contributed by atoms with Gasteiger partial charge in [0.15, 0.2) is 0 Å². The lowest BCUT2D eigenvalue weighted by molar-refractivity contribution is -0.123. The Bertz CT molecular complexity index is 1010. The number of halogens is 3. The smallest absolute Gasteiger partial charge is 0.370 e. The molecule has 1 aromatic heterocycles. The zero-order chi connectivity index (χ0) is 22.9. The Morgan fingerprint density at radius 1 is 1.19 bits per heavy atom. The molecule has 2 amide bonds. The fourth-order valence-corrected chi connectivity index (χ4v) is 4.65. The first-order valence-corrected chi connectivity index (χ1v) is 11.0. The molecule has 0 spiro atoms. The fourth-order valence-electron chi connectivity index (χ4n) is 4.65. The number of hydrogen-bond donors (Lipinski definition) is 2. The van der Waals surface area contributed by atoms with Crippen LogP contribution >= 0.6 is 0 Å². The van der Waals surface area contributed by atoms with E-state index in [0.717, 1.165) is 38.5 Å². The first-order chi connectivity index (χ1) is 15.2. The number of benzene rings is 1. The summed E-state index contributed by atoms with van der Waals surface area (Å²) in [6, 6.07) is 3.07. The second kappa shape index (κ2) is 9.09. The molecule has 32 heavy (non-hydrogen) atoms. The highest BCUT2D eigenvalue weighted by atomic mass is 19.4. The Morgan fingerprint density at radius 3 is 2.59 bits per heavy atom. The Kier molecular flexibility index (Phi) is 6.41. The van der Waals surface area contributed by atoms with E-state index in [-0.39, 0.29) is 17.6 Å². The van der Waals surface area contributed by atoms with Crippen LogP contribution in [-0.2, 0) is 16.6 Å². The van der Waals surface area contributed by atoms with E-state index >= 15 is 0 Å². The Hall–Kier alpha value is -2.62. The number of carbonyl (C=O) groups is 2. The van der Waals surface area contributed by atoms with Crippen LogP contribution in [0.2, 0.25) is 0 Å². The number of ether oxygens (including phenoxy) is 1. The summed E-state index contributed by atoms with van der Waals surface area (Å²) < 4.78 is 45.4. The van der Waals surface area contributed by atoms with Crippen molar-refractivity contribution in [3.8, 4) is 0 Å². The molecule has 1 aliphatic heterocycles. The molecular formula is C22H27F3N4O3. The van der Waals surface area contributed by atoms with E-state index in [1.807, 2.05) is 5.32 Å². The van der Waals surface area contributed by atoms with Crippen molar-refractivity contribution in [2.24, 2.45) is 13.0 Å². The maximum Gasteiger partial charge on any atom is 0.405 e. The van der Waals surface area contributed by atoms with Crippen LogP contribution in [0.15, 0.2) is 12.1 Å². The van der Waals surface area contributed by atoms with Crippen LogP contribution in [0, 0.1) is 5.92 Å². The van der Waals surface area contributed by atoms with E-state index < -0.39 is 18.6 Å². The number of aromatic nitrogens is 2.